The van der Waals surface area contributed by atoms with Gasteiger partial charge in [0.05, 0.1) is 11.3 Å². The molecule has 2 aliphatic rings. The van der Waals surface area contributed by atoms with Crippen LogP contribution >= 0.6 is 0 Å². The van der Waals surface area contributed by atoms with Crippen LogP contribution in [0.4, 0.5) is 5.69 Å². The Labute approximate surface area is 164 Å². The second kappa shape index (κ2) is 7.81. The molecule has 28 heavy (non-hydrogen) atoms. The number of benzene rings is 2. The summed E-state index contributed by atoms with van der Waals surface area (Å²) in [6.07, 6.45) is 3.02. The molecule has 148 valence electrons. The van der Waals surface area contributed by atoms with Crippen LogP contribution in [0.3, 0.4) is 0 Å². The van der Waals surface area contributed by atoms with Crippen LogP contribution in [0, 0.1) is 0 Å². The van der Waals surface area contributed by atoms with E-state index in [0.29, 0.717) is 30.3 Å². The highest BCUT2D eigenvalue weighted by atomic mass is 32.2. The molecule has 0 unspecified atom stereocenters. The molecule has 7 nitrogen and oxygen atoms in total. The van der Waals surface area contributed by atoms with Gasteiger partial charge in [0.15, 0.2) is 11.5 Å². The topological polar surface area (TPSA) is 84.9 Å². The number of rotatable bonds is 5. The lowest BCUT2D eigenvalue weighted by atomic mass is 10.1. The smallest absolute Gasteiger partial charge is 0.243 e. The number of amides is 1. The van der Waals surface area contributed by atoms with Gasteiger partial charge in [-0.1, -0.05) is 18.6 Å². The van der Waals surface area contributed by atoms with Crippen LogP contribution in [0.1, 0.15) is 24.8 Å². The first kappa shape index (κ1) is 18.8. The van der Waals surface area contributed by atoms with Gasteiger partial charge in [-0.25, -0.2) is 8.42 Å². The SMILES string of the molecule is O=C(Cc1ccc(S(=O)(=O)N2CCCCC2)cc1)Nc1ccc2c(c1)OCO2. The Morgan fingerprint density at radius 1 is 0.964 bits per heavy atom. The van der Waals surface area contributed by atoms with E-state index in [1.54, 1.807) is 42.5 Å². The van der Waals surface area contributed by atoms with Gasteiger partial charge in [-0.05, 0) is 42.7 Å². The van der Waals surface area contributed by atoms with E-state index in [0.717, 1.165) is 24.8 Å². The Hall–Kier alpha value is -2.58. The number of hydrogen-bond donors (Lipinski definition) is 1. The molecule has 1 fully saturated rings. The van der Waals surface area contributed by atoms with Crippen LogP contribution in [0.25, 0.3) is 0 Å². The monoisotopic (exact) mass is 402 g/mol. The summed E-state index contributed by atoms with van der Waals surface area (Å²) in [6, 6.07) is 11.7. The molecule has 2 heterocycles. The van der Waals surface area contributed by atoms with Gasteiger partial charge in [-0.15, -0.1) is 0 Å². The van der Waals surface area contributed by atoms with Gasteiger partial charge in [0.2, 0.25) is 22.7 Å². The van der Waals surface area contributed by atoms with Crippen LogP contribution in [-0.2, 0) is 21.2 Å². The maximum Gasteiger partial charge on any atom is 0.243 e. The molecule has 0 bridgehead atoms. The number of carbonyl (C=O) groups is 1. The number of piperidine rings is 1. The van der Waals surface area contributed by atoms with E-state index in [9.17, 15) is 13.2 Å². The van der Waals surface area contributed by atoms with Gasteiger partial charge < -0.3 is 14.8 Å². The molecule has 0 atom stereocenters. The highest BCUT2D eigenvalue weighted by Crippen LogP contribution is 2.34. The number of nitrogens with one attached hydrogen (secondary N) is 1. The fourth-order valence-corrected chi connectivity index (χ4v) is 4.92. The minimum absolute atomic E-state index is 0.151. The number of carbonyl (C=O) groups excluding carboxylic acids is 1. The molecule has 2 aliphatic heterocycles. The summed E-state index contributed by atoms with van der Waals surface area (Å²) >= 11 is 0. The van der Waals surface area contributed by atoms with Crippen molar-refractivity contribution in [3.05, 3.63) is 48.0 Å². The van der Waals surface area contributed by atoms with Crippen molar-refractivity contribution in [2.24, 2.45) is 0 Å². The molecule has 2 aromatic carbocycles. The predicted octanol–water partition coefficient (Wildman–Crippen LogP) is 2.77. The molecule has 8 heteroatoms. The molecular formula is C20H22N2O5S. The lowest BCUT2D eigenvalue weighted by Crippen LogP contribution is -2.35. The zero-order valence-corrected chi connectivity index (χ0v) is 16.2. The van der Waals surface area contributed by atoms with E-state index < -0.39 is 10.0 Å². The van der Waals surface area contributed by atoms with Crippen molar-refractivity contribution in [3.8, 4) is 11.5 Å². The molecule has 2 aromatic rings. The molecule has 0 saturated carbocycles. The zero-order valence-electron chi connectivity index (χ0n) is 15.4. The molecule has 0 radical (unpaired) electrons. The number of ether oxygens (including phenoxy) is 2. The van der Waals surface area contributed by atoms with Crippen molar-refractivity contribution in [1.82, 2.24) is 4.31 Å². The maximum atomic E-state index is 12.7. The highest BCUT2D eigenvalue weighted by molar-refractivity contribution is 7.89. The normalized spacial score (nSPS) is 16.7. The van der Waals surface area contributed by atoms with Gasteiger partial charge in [-0.2, -0.15) is 4.31 Å². The number of anilines is 1. The summed E-state index contributed by atoms with van der Waals surface area (Å²) in [4.78, 5) is 12.6. The molecule has 1 N–H and O–H groups in total. The molecule has 4 rings (SSSR count). The number of nitrogens with zero attached hydrogens (tertiary/aromatic N) is 1. The Balaban J connectivity index is 1.39. The quantitative estimate of drug-likeness (QED) is 0.831. The summed E-state index contributed by atoms with van der Waals surface area (Å²) in [5.74, 6) is 1.07. The molecule has 0 spiro atoms. The Kier molecular flexibility index (Phi) is 5.23. The number of sulfonamides is 1. The first-order valence-corrected chi connectivity index (χ1v) is 10.7. The zero-order chi connectivity index (χ0) is 19.6. The van der Waals surface area contributed by atoms with Crippen molar-refractivity contribution < 1.29 is 22.7 Å². The summed E-state index contributed by atoms with van der Waals surface area (Å²) < 4.78 is 37.4. The first-order valence-electron chi connectivity index (χ1n) is 9.31. The lowest BCUT2D eigenvalue weighted by molar-refractivity contribution is -0.115. The van der Waals surface area contributed by atoms with Gasteiger partial charge in [0, 0.05) is 24.8 Å². The standard InChI is InChI=1S/C20H22N2O5S/c23-20(21-16-6-9-18-19(13-16)27-14-26-18)12-15-4-7-17(8-5-15)28(24,25)22-10-2-1-3-11-22/h4-9,13H,1-3,10-12,14H2,(H,21,23). The Morgan fingerprint density at radius 3 is 2.43 bits per heavy atom. The highest BCUT2D eigenvalue weighted by Gasteiger charge is 2.25. The van der Waals surface area contributed by atoms with Crippen molar-refractivity contribution >= 4 is 21.6 Å². The van der Waals surface area contributed by atoms with E-state index in [1.807, 2.05) is 0 Å². The van der Waals surface area contributed by atoms with Gasteiger partial charge >= 0.3 is 0 Å². The van der Waals surface area contributed by atoms with E-state index in [1.165, 1.54) is 4.31 Å². The minimum Gasteiger partial charge on any atom is -0.454 e. The number of hydrogen-bond acceptors (Lipinski definition) is 5. The van der Waals surface area contributed by atoms with E-state index in [4.69, 9.17) is 9.47 Å². The average Bonchev–Trinajstić information content (AvgIpc) is 3.17. The van der Waals surface area contributed by atoms with Crippen LogP contribution in [0.5, 0.6) is 11.5 Å². The third-order valence-electron chi connectivity index (χ3n) is 4.90. The third-order valence-corrected chi connectivity index (χ3v) is 6.81. The Bertz CT molecular complexity index is 967. The van der Waals surface area contributed by atoms with E-state index in [2.05, 4.69) is 5.32 Å². The van der Waals surface area contributed by atoms with E-state index in [-0.39, 0.29) is 24.0 Å². The molecule has 0 aliphatic carbocycles. The lowest BCUT2D eigenvalue weighted by Gasteiger charge is -2.25. The second-order valence-corrected chi connectivity index (χ2v) is 8.84. The molecule has 0 aromatic heterocycles. The summed E-state index contributed by atoms with van der Waals surface area (Å²) in [5.41, 5.74) is 1.37. The van der Waals surface area contributed by atoms with Gasteiger partial charge in [0.25, 0.3) is 0 Å². The minimum atomic E-state index is -3.45. The second-order valence-electron chi connectivity index (χ2n) is 6.90. The maximum absolute atomic E-state index is 12.7. The summed E-state index contributed by atoms with van der Waals surface area (Å²) in [6.45, 7) is 1.32. The van der Waals surface area contributed by atoms with Crippen molar-refractivity contribution in [2.45, 2.75) is 30.6 Å². The number of fused-ring (bicyclic) bond motifs is 1. The van der Waals surface area contributed by atoms with Crippen LogP contribution in [-0.4, -0.2) is 38.5 Å². The largest absolute Gasteiger partial charge is 0.454 e. The average molecular weight is 402 g/mol. The summed E-state index contributed by atoms with van der Waals surface area (Å²) in [7, 11) is -3.45. The van der Waals surface area contributed by atoms with Crippen molar-refractivity contribution in [2.75, 3.05) is 25.2 Å². The molecule has 1 saturated heterocycles. The predicted molar refractivity (Wildman–Crippen MR) is 104 cm³/mol. The van der Waals surface area contributed by atoms with Crippen LogP contribution in [0.15, 0.2) is 47.4 Å². The fourth-order valence-electron chi connectivity index (χ4n) is 3.40. The molecule has 1 amide bonds. The van der Waals surface area contributed by atoms with Crippen LogP contribution in [0.2, 0.25) is 0 Å². The van der Waals surface area contributed by atoms with Crippen molar-refractivity contribution in [1.29, 1.82) is 0 Å². The van der Waals surface area contributed by atoms with E-state index >= 15 is 0 Å². The fraction of sp³-hybridized carbons (Fsp3) is 0.350. The Morgan fingerprint density at radius 2 is 1.68 bits per heavy atom. The van der Waals surface area contributed by atoms with Crippen LogP contribution < -0.4 is 14.8 Å². The van der Waals surface area contributed by atoms with Gasteiger partial charge in [-0.3, -0.25) is 4.79 Å². The first-order chi connectivity index (χ1) is 13.5. The summed E-state index contributed by atoms with van der Waals surface area (Å²) in [5, 5.41) is 2.82. The molecular weight excluding hydrogens is 380 g/mol. The van der Waals surface area contributed by atoms with Gasteiger partial charge in [0.1, 0.15) is 0 Å². The van der Waals surface area contributed by atoms with Crippen molar-refractivity contribution in [3.63, 3.8) is 0 Å². The third kappa shape index (κ3) is 3.98.